The molecule has 0 spiro atoms. The molecule has 2 N–H and O–H groups in total. The minimum absolute atomic E-state index is 0.0283. The molecule has 10 heteroatoms. The number of halogens is 3. The number of hydrogen-bond donors (Lipinski definition) is 2. The van der Waals surface area contributed by atoms with E-state index in [4.69, 9.17) is 0 Å². The van der Waals surface area contributed by atoms with Crippen LogP contribution in [0.1, 0.15) is 27.4 Å². The van der Waals surface area contributed by atoms with Crippen LogP contribution in [0.25, 0.3) is 11.3 Å². The molecule has 0 unspecified atom stereocenters. The van der Waals surface area contributed by atoms with E-state index in [9.17, 15) is 18.0 Å². The Balaban J connectivity index is 1.49. The van der Waals surface area contributed by atoms with E-state index in [2.05, 4.69) is 25.3 Å². The molecule has 4 rings (SSSR count). The predicted molar refractivity (Wildman–Crippen MR) is 116 cm³/mol. The van der Waals surface area contributed by atoms with Gasteiger partial charge in [-0.15, -0.1) is 0 Å². The highest BCUT2D eigenvalue weighted by atomic mass is 19.3. The smallest absolute Gasteiger partial charge is 0.387 e. The summed E-state index contributed by atoms with van der Waals surface area (Å²) in [6.07, 6.45) is 0. The number of ether oxygens (including phenoxy) is 1. The monoisotopic (exact) mass is 455 g/mol. The first kappa shape index (κ1) is 22.1. The SMILES string of the molecule is Cc1nn(Cc2ccccc2F)c(C)c1NC(=O)c1cc(-c2ccc(OC(F)F)cc2)n[nH]1. The second-order valence-electron chi connectivity index (χ2n) is 7.32. The molecule has 7 nitrogen and oxygen atoms in total. The number of hydrogen-bond acceptors (Lipinski definition) is 4. The summed E-state index contributed by atoms with van der Waals surface area (Å²) < 4.78 is 44.5. The van der Waals surface area contributed by atoms with Gasteiger partial charge in [0.05, 0.1) is 29.3 Å². The van der Waals surface area contributed by atoms with Crippen molar-refractivity contribution in [3.8, 4) is 17.0 Å². The van der Waals surface area contributed by atoms with Gasteiger partial charge in [-0.1, -0.05) is 18.2 Å². The van der Waals surface area contributed by atoms with Gasteiger partial charge in [0.1, 0.15) is 17.3 Å². The van der Waals surface area contributed by atoms with Gasteiger partial charge in [0.15, 0.2) is 0 Å². The van der Waals surface area contributed by atoms with Crippen molar-refractivity contribution in [2.24, 2.45) is 0 Å². The molecule has 0 aliphatic rings. The van der Waals surface area contributed by atoms with Crippen molar-refractivity contribution in [1.82, 2.24) is 20.0 Å². The molecule has 0 fully saturated rings. The van der Waals surface area contributed by atoms with Gasteiger partial charge in [-0.2, -0.15) is 19.0 Å². The van der Waals surface area contributed by atoms with Crippen LogP contribution in [-0.4, -0.2) is 32.5 Å². The Bertz CT molecular complexity index is 1280. The second-order valence-corrected chi connectivity index (χ2v) is 7.32. The van der Waals surface area contributed by atoms with E-state index < -0.39 is 12.5 Å². The zero-order valence-corrected chi connectivity index (χ0v) is 17.8. The standard InChI is InChI=1S/C23H20F3N5O2/c1-13-21(14(2)31(30-13)12-16-5-3-4-6-18(16)24)27-22(32)20-11-19(28-29-20)15-7-9-17(10-8-15)33-23(25)26/h3-11,23H,12H2,1-2H3,(H,27,32)(H,28,29). The van der Waals surface area contributed by atoms with E-state index in [1.54, 1.807) is 54.9 Å². The van der Waals surface area contributed by atoms with Crippen molar-refractivity contribution in [2.45, 2.75) is 27.0 Å². The third-order valence-electron chi connectivity index (χ3n) is 5.10. The maximum Gasteiger partial charge on any atom is 0.387 e. The molecule has 0 saturated carbocycles. The highest BCUT2D eigenvalue weighted by Gasteiger charge is 2.18. The fourth-order valence-corrected chi connectivity index (χ4v) is 3.39. The molecule has 0 aliphatic heterocycles. The van der Waals surface area contributed by atoms with Gasteiger partial charge in [-0.05, 0) is 50.2 Å². The van der Waals surface area contributed by atoms with Crippen molar-refractivity contribution in [1.29, 1.82) is 0 Å². The number of rotatable bonds is 7. The number of benzene rings is 2. The van der Waals surface area contributed by atoms with Crippen LogP contribution < -0.4 is 10.1 Å². The Hall–Kier alpha value is -4.08. The van der Waals surface area contributed by atoms with Gasteiger partial charge in [0.2, 0.25) is 0 Å². The van der Waals surface area contributed by atoms with Crippen LogP contribution in [0.3, 0.4) is 0 Å². The van der Waals surface area contributed by atoms with Gasteiger partial charge in [-0.25, -0.2) is 4.39 Å². The van der Waals surface area contributed by atoms with Crippen molar-refractivity contribution in [2.75, 3.05) is 5.32 Å². The molecule has 170 valence electrons. The molecule has 0 radical (unpaired) electrons. The third kappa shape index (κ3) is 4.89. The van der Waals surface area contributed by atoms with Crippen molar-refractivity contribution < 1.29 is 22.7 Å². The highest BCUT2D eigenvalue weighted by molar-refractivity contribution is 6.04. The summed E-state index contributed by atoms with van der Waals surface area (Å²) >= 11 is 0. The minimum atomic E-state index is -2.90. The Morgan fingerprint density at radius 3 is 2.58 bits per heavy atom. The van der Waals surface area contributed by atoms with Crippen LogP contribution in [0.2, 0.25) is 0 Å². The van der Waals surface area contributed by atoms with E-state index in [1.165, 1.54) is 18.2 Å². The maximum atomic E-state index is 14.0. The van der Waals surface area contributed by atoms with Crippen LogP contribution in [0, 0.1) is 19.7 Å². The number of anilines is 1. The Kier molecular flexibility index (Phi) is 6.16. The number of aryl methyl sites for hydroxylation is 1. The molecule has 0 bridgehead atoms. The number of nitrogens with zero attached hydrogens (tertiary/aromatic N) is 3. The predicted octanol–water partition coefficient (Wildman–Crippen LogP) is 4.93. The van der Waals surface area contributed by atoms with Gasteiger partial charge in [0.25, 0.3) is 5.91 Å². The van der Waals surface area contributed by atoms with Crippen molar-refractivity contribution >= 4 is 11.6 Å². The summed E-state index contributed by atoms with van der Waals surface area (Å²) in [4.78, 5) is 12.8. The number of carbonyl (C=O) groups excluding carboxylic acids is 1. The fraction of sp³-hybridized carbons (Fsp3) is 0.174. The zero-order chi connectivity index (χ0) is 23.5. The molecule has 33 heavy (non-hydrogen) atoms. The van der Waals surface area contributed by atoms with Crippen molar-refractivity contribution in [3.63, 3.8) is 0 Å². The average Bonchev–Trinajstić information content (AvgIpc) is 3.37. The average molecular weight is 455 g/mol. The topological polar surface area (TPSA) is 84.8 Å². The van der Waals surface area contributed by atoms with Crippen molar-refractivity contribution in [3.05, 3.63) is 83.1 Å². The number of aromatic amines is 1. The first-order valence-electron chi connectivity index (χ1n) is 10.0. The summed E-state index contributed by atoms with van der Waals surface area (Å²) in [5.74, 6) is -0.724. The summed E-state index contributed by atoms with van der Waals surface area (Å²) in [7, 11) is 0. The maximum absolute atomic E-state index is 14.0. The fourth-order valence-electron chi connectivity index (χ4n) is 3.39. The zero-order valence-electron chi connectivity index (χ0n) is 17.8. The van der Waals surface area contributed by atoms with Crippen LogP contribution in [-0.2, 0) is 6.54 Å². The number of aromatic nitrogens is 4. The molecular weight excluding hydrogens is 435 g/mol. The number of alkyl halides is 2. The summed E-state index contributed by atoms with van der Waals surface area (Å²) in [6, 6.07) is 13.9. The normalized spacial score (nSPS) is 11.1. The Morgan fingerprint density at radius 1 is 1.15 bits per heavy atom. The van der Waals surface area contributed by atoms with E-state index in [0.717, 1.165) is 0 Å². The van der Waals surface area contributed by atoms with Gasteiger partial charge in [0, 0.05) is 11.1 Å². The third-order valence-corrected chi connectivity index (χ3v) is 5.10. The van der Waals surface area contributed by atoms with Crippen LogP contribution in [0.15, 0.2) is 54.6 Å². The lowest BCUT2D eigenvalue weighted by molar-refractivity contribution is -0.0498. The van der Waals surface area contributed by atoms with Gasteiger partial charge in [-0.3, -0.25) is 14.6 Å². The van der Waals surface area contributed by atoms with E-state index >= 15 is 0 Å². The quantitative estimate of drug-likeness (QED) is 0.414. The lowest BCUT2D eigenvalue weighted by Gasteiger charge is -2.07. The van der Waals surface area contributed by atoms with E-state index in [1.807, 2.05) is 0 Å². The summed E-state index contributed by atoms with van der Waals surface area (Å²) in [5.41, 5.74) is 3.58. The molecular formula is C23H20F3N5O2. The van der Waals surface area contributed by atoms with E-state index in [-0.39, 0.29) is 23.8 Å². The highest BCUT2D eigenvalue weighted by Crippen LogP contribution is 2.24. The Labute approximate surface area is 187 Å². The number of carbonyl (C=O) groups is 1. The molecule has 1 amide bonds. The molecule has 0 saturated heterocycles. The molecule has 0 aliphatic carbocycles. The molecule has 2 heterocycles. The number of nitrogens with one attached hydrogen (secondary N) is 2. The molecule has 4 aromatic rings. The first-order valence-corrected chi connectivity index (χ1v) is 10.0. The largest absolute Gasteiger partial charge is 0.435 e. The second kappa shape index (κ2) is 9.19. The van der Waals surface area contributed by atoms with Gasteiger partial charge < -0.3 is 10.1 Å². The van der Waals surface area contributed by atoms with Crippen LogP contribution >= 0.6 is 0 Å². The van der Waals surface area contributed by atoms with Crippen LogP contribution in [0.5, 0.6) is 5.75 Å². The minimum Gasteiger partial charge on any atom is -0.435 e. The number of amides is 1. The summed E-state index contributed by atoms with van der Waals surface area (Å²) in [6.45, 7) is 0.869. The molecule has 0 atom stereocenters. The van der Waals surface area contributed by atoms with E-state index in [0.29, 0.717) is 33.9 Å². The summed E-state index contributed by atoms with van der Waals surface area (Å²) in [5, 5.41) is 14.0. The lowest BCUT2D eigenvalue weighted by Crippen LogP contribution is -2.14. The van der Waals surface area contributed by atoms with Crippen LogP contribution in [0.4, 0.5) is 18.9 Å². The molecule has 2 aromatic carbocycles. The molecule has 2 aromatic heterocycles. The number of H-pyrrole nitrogens is 1. The lowest BCUT2D eigenvalue weighted by atomic mass is 10.1. The first-order chi connectivity index (χ1) is 15.8. The van der Waals surface area contributed by atoms with Gasteiger partial charge >= 0.3 is 6.61 Å². The Morgan fingerprint density at radius 2 is 1.88 bits per heavy atom.